The fourth-order valence-corrected chi connectivity index (χ4v) is 3.41. The topological polar surface area (TPSA) is 79.2 Å². The molecule has 0 spiro atoms. The molecule has 0 aromatic carbocycles. The predicted octanol–water partition coefficient (Wildman–Crippen LogP) is 2.15. The van der Waals surface area contributed by atoms with Gasteiger partial charge >= 0.3 is 0 Å². The van der Waals surface area contributed by atoms with Crippen LogP contribution in [-0.2, 0) is 11.3 Å². The van der Waals surface area contributed by atoms with Crippen LogP contribution in [0.5, 0.6) is 0 Å². The van der Waals surface area contributed by atoms with Crippen molar-refractivity contribution < 1.29 is 9.90 Å². The van der Waals surface area contributed by atoms with E-state index >= 15 is 0 Å². The van der Waals surface area contributed by atoms with Crippen molar-refractivity contribution in [1.29, 1.82) is 0 Å². The summed E-state index contributed by atoms with van der Waals surface area (Å²) >= 11 is 0. The number of nitrogens with one attached hydrogen (secondary N) is 2. The number of rotatable bonds is 9. The van der Waals surface area contributed by atoms with Crippen molar-refractivity contribution >= 4 is 11.6 Å². The Morgan fingerprint density at radius 2 is 2.22 bits per heavy atom. The number of carbonyl (C=O) groups is 1. The van der Waals surface area contributed by atoms with Crippen LogP contribution in [0, 0.1) is 5.92 Å². The number of hydrogen-bond donors (Lipinski definition) is 3. The molecular formula is C17H30N4O2. The number of aliphatic hydroxyl groups excluding tert-OH is 1. The number of carbonyl (C=O) groups excluding carboxylic acids is 1. The van der Waals surface area contributed by atoms with Crippen LogP contribution >= 0.6 is 0 Å². The highest BCUT2D eigenvalue weighted by Crippen LogP contribution is 2.30. The summed E-state index contributed by atoms with van der Waals surface area (Å²) in [6, 6.07) is 0.501. The lowest BCUT2D eigenvalue weighted by Crippen LogP contribution is -2.31. The zero-order chi connectivity index (χ0) is 16.5. The van der Waals surface area contributed by atoms with Crippen LogP contribution in [0.15, 0.2) is 12.4 Å². The normalized spacial score (nSPS) is 17.0. The summed E-state index contributed by atoms with van der Waals surface area (Å²) in [7, 11) is 0. The van der Waals surface area contributed by atoms with Crippen LogP contribution in [0.4, 0.5) is 5.69 Å². The van der Waals surface area contributed by atoms with E-state index in [2.05, 4.69) is 22.7 Å². The number of hydrogen-bond acceptors (Lipinski definition) is 4. The molecule has 1 aromatic rings. The molecule has 3 N–H and O–H groups in total. The van der Waals surface area contributed by atoms with Crippen molar-refractivity contribution in [2.75, 3.05) is 18.5 Å². The van der Waals surface area contributed by atoms with Crippen LogP contribution < -0.4 is 10.6 Å². The number of anilines is 1. The van der Waals surface area contributed by atoms with Gasteiger partial charge in [-0.2, -0.15) is 5.10 Å². The van der Waals surface area contributed by atoms with E-state index in [1.165, 1.54) is 44.9 Å². The molecule has 1 saturated carbocycles. The lowest BCUT2D eigenvalue weighted by atomic mass is 9.82. The van der Waals surface area contributed by atoms with Gasteiger partial charge < -0.3 is 15.7 Å². The van der Waals surface area contributed by atoms with E-state index in [4.69, 9.17) is 5.11 Å². The Morgan fingerprint density at radius 3 is 2.91 bits per heavy atom. The first-order valence-corrected chi connectivity index (χ1v) is 8.89. The van der Waals surface area contributed by atoms with E-state index in [0.29, 0.717) is 6.04 Å². The third-order valence-corrected chi connectivity index (χ3v) is 4.54. The number of amides is 1. The molecule has 1 unspecified atom stereocenters. The van der Waals surface area contributed by atoms with Crippen molar-refractivity contribution in [3.05, 3.63) is 12.4 Å². The fourth-order valence-electron chi connectivity index (χ4n) is 3.41. The molecule has 130 valence electrons. The lowest BCUT2D eigenvalue weighted by molar-refractivity contribution is -0.122. The first kappa shape index (κ1) is 17.8. The van der Waals surface area contributed by atoms with E-state index in [-0.39, 0.29) is 25.6 Å². The van der Waals surface area contributed by atoms with E-state index in [9.17, 15) is 4.79 Å². The van der Waals surface area contributed by atoms with Gasteiger partial charge in [-0.15, -0.1) is 0 Å². The summed E-state index contributed by atoms with van der Waals surface area (Å²) in [5, 5.41) is 19.2. The summed E-state index contributed by atoms with van der Waals surface area (Å²) in [4.78, 5) is 11.6. The fraction of sp³-hybridized carbons (Fsp3) is 0.765. The number of nitrogens with zero attached hydrogens (tertiary/aromatic N) is 2. The zero-order valence-corrected chi connectivity index (χ0v) is 14.1. The molecular weight excluding hydrogens is 292 g/mol. The van der Waals surface area contributed by atoms with Gasteiger partial charge in [-0.25, -0.2) is 0 Å². The van der Waals surface area contributed by atoms with Gasteiger partial charge in [0.2, 0.25) is 5.91 Å². The second kappa shape index (κ2) is 9.55. The summed E-state index contributed by atoms with van der Waals surface area (Å²) < 4.78 is 1.64. The summed E-state index contributed by atoms with van der Waals surface area (Å²) in [5.41, 5.74) is 0.990. The molecule has 1 atom stereocenters. The van der Waals surface area contributed by atoms with E-state index in [1.807, 2.05) is 6.20 Å². The van der Waals surface area contributed by atoms with Crippen molar-refractivity contribution in [3.63, 3.8) is 0 Å². The molecule has 6 heteroatoms. The molecule has 1 aromatic heterocycles. The van der Waals surface area contributed by atoms with Crippen LogP contribution in [0.1, 0.15) is 51.9 Å². The monoisotopic (exact) mass is 322 g/mol. The second-order valence-corrected chi connectivity index (χ2v) is 6.44. The average Bonchev–Trinajstić information content (AvgIpc) is 3.00. The lowest BCUT2D eigenvalue weighted by Gasteiger charge is -2.31. The van der Waals surface area contributed by atoms with Gasteiger partial charge in [-0.1, -0.05) is 32.6 Å². The minimum Gasteiger partial charge on any atom is -0.395 e. The molecule has 0 saturated heterocycles. The van der Waals surface area contributed by atoms with Crippen molar-refractivity contribution in [2.45, 2.75) is 64.5 Å². The predicted molar refractivity (Wildman–Crippen MR) is 91.2 cm³/mol. The molecule has 6 nitrogen and oxygen atoms in total. The Labute approximate surface area is 138 Å². The van der Waals surface area contributed by atoms with E-state index in [1.54, 1.807) is 10.9 Å². The summed E-state index contributed by atoms with van der Waals surface area (Å²) in [5.74, 6) is 0.617. The van der Waals surface area contributed by atoms with Crippen molar-refractivity contribution in [2.24, 2.45) is 5.92 Å². The Bertz CT molecular complexity index is 469. The van der Waals surface area contributed by atoms with Gasteiger partial charge in [-0.3, -0.25) is 9.48 Å². The third-order valence-electron chi connectivity index (χ3n) is 4.54. The molecule has 0 aliphatic heterocycles. The SMILES string of the molecule is CCCC(Nc1cnn(CC(=O)NCCO)c1)C1CCCCC1. The Kier molecular flexibility index (Phi) is 7.39. The quantitative estimate of drug-likeness (QED) is 0.651. The molecule has 1 fully saturated rings. The van der Waals surface area contributed by atoms with Gasteiger partial charge in [0.15, 0.2) is 0 Å². The maximum Gasteiger partial charge on any atom is 0.241 e. The minimum atomic E-state index is -0.133. The summed E-state index contributed by atoms with van der Waals surface area (Å²) in [6.07, 6.45) is 12.7. The highest BCUT2D eigenvalue weighted by Gasteiger charge is 2.23. The second-order valence-electron chi connectivity index (χ2n) is 6.44. The molecule has 1 aliphatic rings. The van der Waals surface area contributed by atoms with Gasteiger partial charge in [0.05, 0.1) is 18.5 Å². The van der Waals surface area contributed by atoms with Crippen LogP contribution in [-0.4, -0.2) is 40.0 Å². The van der Waals surface area contributed by atoms with Crippen LogP contribution in [0.3, 0.4) is 0 Å². The first-order chi connectivity index (χ1) is 11.2. The number of aliphatic hydroxyl groups is 1. The van der Waals surface area contributed by atoms with Gasteiger partial charge in [0.1, 0.15) is 6.54 Å². The van der Waals surface area contributed by atoms with Gasteiger partial charge in [0, 0.05) is 18.8 Å². The molecule has 23 heavy (non-hydrogen) atoms. The molecule has 1 amide bonds. The Balaban J connectivity index is 1.88. The first-order valence-electron chi connectivity index (χ1n) is 8.89. The Hall–Kier alpha value is -1.56. The largest absolute Gasteiger partial charge is 0.395 e. The molecule has 0 radical (unpaired) electrons. The van der Waals surface area contributed by atoms with Gasteiger partial charge in [-0.05, 0) is 25.2 Å². The van der Waals surface area contributed by atoms with Crippen LogP contribution in [0.2, 0.25) is 0 Å². The maximum absolute atomic E-state index is 11.6. The average molecular weight is 322 g/mol. The molecule has 1 aliphatic carbocycles. The standard InChI is InChI=1S/C17H30N4O2/c1-2-6-16(14-7-4-3-5-8-14)20-15-11-19-21(12-15)13-17(23)18-9-10-22/h11-12,14,16,20,22H,2-10,13H2,1H3,(H,18,23). The maximum atomic E-state index is 11.6. The summed E-state index contributed by atoms with van der Waals surface area (Å²) in [6.45, 7) is 2.65. The number of aromatic nitrogens is 2. The zero-order valence-electron chi connectivity index (χ0n) is 14.1. The van der Waals surface area contributed by atoms with Crippen LogP contribution in [0.25, 0.3) is 0 Å². The van der Waals surface area contributed by atoms with E-state index in [0.717, 1.165) is 11.6 Å². The van der Waals surface area contributed by atoms with Crippen molar-refractivity contribution in [3.8, 4) is 0 Å². The van der Waals surface area contributed by atoms with Crippen molar-refractivity contribution in [1.82, 2.24) is 15.1 Å². The highest BCUT2D eigenvalue weighted by molar-refractivity contribution is 5.75. The molecule has 1 heterocycles. The highest BCUT2D eigenvalue weighted by atomic mass is 16.3. The minimum absolute atomic E-state index is 0.0439. The smallest absolute Gasteiger partial charge is 0.241 e. The Morgan fingerprint density at radius 1 is 1.43 bits per heavy atom. The molecule has 2 rings (SSSR count). The van der Waals surface area contributed by atoms with Gasteiger partial charge in [0.25, 0.3) is 0 Å². The van der Waals surface area contributed by atoms with E-state index < -0.39 is 0 Å². The third kappa shape index (κ3) is 5.86. The molecule has 0 bridgehead atoms.